The van der Waals surface area contributed by atoms with Crippen LogP contribution in [0.5, 0.6) is 0 Å². The molecule has 0 aliphatic heterocycles. The van der Waals surface area contributed by atoms with Crippen LogP contribution in [-0.2, 0) is 4.74 Å². The van der Waals surface area contributed by atoms with E-state index in [0.29, 0.717) is 17.0 Å². The molecule has 1 aromatic rings. The minimum Gasteiger partial charge on any atom is -0.462 e. The van der Waals surface area contributed by atoms with Gasteiger partial charge < -0.3 is 4.74 Å². The van der Waals surface area contributed by atoms with Gasteiger partial charge in [0.25, 0.3) is 0 Å². The van der Waals surface area contributed by atoms with Gasteiger partial charge in [0.15, 0.2) is 5.78 Å². The summed E-state index contributed by atoms with van der Waals surface area (Å²) in [6, 6.07) is 1.56. The van der Waals surface area contributed by atoms with Gasteiger partial charge in [0.05, 0.1) is 11.9 Å². The molecule has 1 rings (SSSR count). The molecular weight excluding hydrogens is 268 g/mol. The number of alkyl halides is 1. The monoisotopic (exact) mass is 276 g/mol. The van der Waals surface area contributed by atoms with E-state index in [1.807, 2.05) is 0 Å². The number of carbonyl (C=O) groups excluding carboxylic acids is 2. The van der Waals surface area contributed by atoms with E-state index in [2.05, 4.69) is 15.9 Å². The molecule has 76 valence electrons. The normalized spacial score (nSPS) is 9.86. The fourth-order valence-electron chi connectivity index (χ4n) is 0.869. The number of halogens is 1. The molecule has 0 spiro atoms. The molecule has 3 nitrogen and oxygen atoms in total. The maximum atomic E-state index is 11.2. The van der Waals surface area contributed by atoms with Crippen LogP contribution in [0.2, 0.25) is 0 Å². The second kappa shape index (κ2) is 5.26. The Balaban J connectivity index is 2.77. The summed E-state index contributed by atoms with van der Waals surface area (Å²) in [5.74, 6) is -0.400. The van der Waals surface area contributed by atoms with Crippen molar-refractivity contribution in [3.05, 3.63) is 21.9 Å². The third-order valence-corrected chi connectivity index (χ3v) is 2.94. The highest BCUT2D eigenvalue weighted by Crippen LogP contribution is 2.16. The molecule has 14 heavy (non-hydrogen) atoms. The number of ketones is 1. The van der Waals surface area contributed by atoms with Crippen molar-refractivity contribution in [3.8, 4) is 0 Å². The molecule has 0 bridgehead atoms. The van der Waals surface area contributed by atoms with Gasteiger partial charge in [0, 0.05) is 10.9 Å². The van der Waals surface area contributed by atoms with Gasteiger partial charge in [0.2, 0.25) is 0 Å². The zero-order valence-corrected chi connectivity index (χ0v) is 9.98. The summed E-state index contributed by atoms with van der Waals surface area (Å²) >= 11 is 4.29. The summed E-state index contributed by atoms with van der Waals surface area (Å²) in [6.45, 7) is 2.09. The zero-order chi connectivity index (χ0) is 10.6. The van der Waals surface area contributed by atoms with Crippen LogP contribution in [0.15, 0.2) is 11.4 Å². The lowest BCUT2D eigenvalue weighted by Gasteiger charge is -1.96. The Bertz CT molecular complexity index is 346. The van der Waals surface area contributed by atoms with Crippen LogP contribution < -0.4 is 0 Å². The zero-order valence-electron chi connectivity index (χ0n) is 7.58. The predicted molar refractivity (Wildman–Crippen MR) is 58.4 cm³/mol. The van der Waals surface area contributed by atoms with Crippen molar-refractivity contribution in [2.45, 2.75) is 6.92 Å². The van der Waals surface area contributed by atoms with Crippen LogP contribution in [0.25, 0.3) is 0 Å². The predicted octanol–water partition coefficient (Wildman–Crippen LogP) is 2.50. The van der Waals surface area contributed by atoms with Crippen molar-refractivity contribution >= 4 is 39.0 Å². The molecule has 0 aromatic carbocycles. The van der Waals surface area contributed by atoms with Crippen LogP contribution in [0.4, 0.5) is 0 Å². The highest BCUT2D eigenvalue weighted by Gasteiger charge is 2.12. The number of esters is 1. The number of hydrogen-bond donors (Lipinski definition) is 0. The highest BCUT2D eigenvalue weighted by atomic mass is 79.9. The molecule has 0 amide bonds. The molecule has 0 fully saturated rings. The van der Waals surface area contributed by atoms with E-state index in [9.17, 15) is 9.59 Å². The van der Waals surface area contributed by atoms with Gasteiger partial charge in [-0.2, -0.15) is 0 Å². The lowest BCUT2D eigenvalue weighted by Crippen LogP contribution is -2.02. The van der Waals surface area contributed by atoms with Gasteiger partial charge in [0.1, 0.15) is 4.88 Å². The van der Waals surface area contributed by atoms with Crippen molar-refractivity contribution in [1.82, 2.24) is 0 Å². The maximum Gasteiger partial charge on any atom is 0.348 e. The second-order valence-corrected chi connectivity index (χ2v) is 3.95. The lowest BCUT2D eigenvalue weighted by molar-refractivity contribution is 0.0532. The van der Waals surface area contributed by atoms with Gasteiger partial charge in [-0.3, -0.25) is 4.79 Å². The van der Waals surface area contributed by atoms with Gasteiger partial charge in [-0.25, -0.2) is 4.79 Å². The molecular formula is C9H9BrO3S. The molecule has 1 aromatic heterocycles. The molecule has 1 heterocycles. The second-order valence-electron chi connectivity index (χ2n) is 2.48. The minimum absolute atomic E-state index is 0.0307. The third kappa shape index (κ3) is 2.65. The van der Waals surface area contributed by atoms with Crippen molar-refractivity contribution in [2.75, 3.05) is 11.9 Å². The smallest absolute Gasteiger partial charge is 0.348 e. The average molecular weight is 277 g/mol. The molecule has 5 heteroatoms. The molecule has 0 radical (unpaired) electrons. The number of carbonyl (C=O) groups is 2. The van der Waals surface area contributed by atoms with Gasteiger partial charge in [-0.15, -0.1) is 11.3 Å². The Hall–Kier alpha value is -0.680. The van der Waals surface area contributed by atoms with E-state index in [0.717, 1.165) is 0 Å². The first-order chi connectivity index (χ1) is 6.69. The van der Waals surface area contributed by atoms with Crippen LogP contribution in [0.3, 0.4) is 0 Å². The fraction of sp³-hybridized carbons (Fsp3) is 0.333. The van der Waals surface area contributed by atoms with E-state index < -0.39 is 0 Å². The first kappa shape index (κ1) is 11.4. The van der Waals surface area contributed by atoms with E-state index in [1.54, 1.807) is 18.4 Å². The quantitative estimate of drug-likeness (QED) is 0.482. The average Bonchev–Trinajstić information content (AvgIpc) is 2.66. The standard InChI is InChI=1S/C9H9BrO3S/c1-2-13-9(12)8-3-6(5-14-8)7(11)4-10/h3,5H,2,4H2,1H3. The summed E-state index contributed by atoms with van der Waals surface area (Å²) in [6.07, 6.45) is 0. The molecule has 0 aliphatic rings. The van der Waals surface area contributed by atoms with Gasteiger partial charge >= 0.3 is 5.97 Å². The number of rotatable bonds is 4. The van der Waals surface area contributed by atoms with Gasteiger partial charge in [-0.1, -0.05) is 15.9 Å². The summed E-state index contributed by atoms with van der Waals surface area (Å²) in [5, 5.41) is 1.93. The van der Waals surface area contributed by atoms with E-state index >= 15 is 0 Å². The minimum atomic E-state index is -0.369. The van der Waals surface area contributed by atoms with Crippen LogP contribution in [0, 0.1) is 0 Å². The molecule has 0 atom stereocenters. The van der Waals surface area contributed by atoms with Gasteiger partial charge in [-0.05, 0) is 13.0 Å². The summed E-state index contributed by atoms with van der Waals surface area (Å²) < 4.78 is 4.80. The summed E-state index contributed by atoms with van der Waals surface area (Å²) in [5.41, 5.74) is 0.551. The maximum absolute atomic E-state index is 11.2. The van der Waals surface area contributed by atoms with E-state index in [1.165, 1.54) is 11.3 Å². The third-order valence-electron chi connectivity index (χ3n) is 1.52. The fourth-order valence-corrected chi connectivity index (χ4v) is 2.00. The van der Waals surface area contributed by atoms with E-state index in [4.69, 9.17) is 4.74 Å². The van der Waals surface area contributed by atoms with Crippen LogP contribution >= 0.6 is 27.3 Å². The Labute approximate surface area is 94.2 Å². The first-order valence-corrected chi connectivity index (χ1v) is 6.04. The van der Waals surface area contributed by atoms with Crippen LogP contribution in [-0.4, -0.2) is 23.7 Å². The lowest BCUT2D eigenvalue weighted by atomic mass is 10.2. The molecule has 0 saturated heterocycles. The number of hydrogen-bond acceptors (Lipinski definition) is 4. The Kier molecular flexibility index (Phi) is 4.28. The van der Waals surface area contributed by atoms with E-state index in [-0.39, 0.29) is 17.1 Å². The highest BCUT2D eigenvalue weighted by molar-refractivity contribution is 9.09. The van der Waals surface area contributed by atoms with Crippen molar-refractivity contribution in [3.63, 3.8) is 0 Å². The van der Waals surface area contributed by atoms with Crippen molar-refractivity contribution in [2.24, 2.45) is 0 Å². The summed E-state index contributed by atoms with van der Waals surface area (Å²) in [7, 11) is 0. The molecule has 0 N–H and O–H groups in total. The van der Waals surface area contributed by atoms with Crippen LogP contribution in [0.1, 0.15) is 27.0 Å². The molecule has 0 unspecified atom stereocenters. The Morgan fingerprint density at radius 1 is 1.57 bits per heavy atom. The number of ether oxygens (including phenoxy) is 1. The van der Waals surface area contributed by atoms with Crippen molar-refractivity contribution < 1.29 is 14.3 Å². The molecule has 0 aliphatic carbocycles. The summed E-state index contributed by atoms with van der Waals surface area (Å²) in [4.78, 5) is 22.9. The Morgan fingerprint density at radius 3 is 2.86 bits per heavy atom. The first-order valence-electron chi connectivity index (χ1n) is 4.03. The number of Topliss-reactive ketones (excluding diaryl/α,β-unsaturated/α-hetero) is 1. The largest absolute Gasteiger partial charge is 0.462 e. The Morgan fingerprint density at radius 2 is 2.29 bits per heavy atom. The van der Waals surface area contributed by atoms with Crippen molar-refractivity contribution in [1.29, 1.82) is 0 Å². The number of thiophene rings is 1. The topological polar surface area (TPSA) is 43.4 Å². The SMILES string of the molecule is CCOC(=O)c1cc(C(=O)CBr)cs1. The molecule has 0 saturated carbocycles.